The maximum Gasteiger partial charge on any atom is 0.433 e. The Morgan fingerprint density at radius 2 is 1.95 bits per heavy atom. The van der Waals surface area contributed by atoms with Gasteiger partial charge in [-0.2, -0.15) is 23.4 Å². The van der Waals surface area contributed by atoms with Crippen molar-refractivity contribution in [1.29, 1.82) is 0 Å². The molecule has 13 heteroatoms. The standard InChI is InChI=1S/C25H17BrClF3N6O2/c1-38-18-7-3-5-15(9-18)19-10-20(25(28,29)30)36-23(33-19)21(27)22(34-36)24(37)32-17-6-2-4-14(8-17)12-35-13-16(26)11-31-35/h2-11,13H,12H2,1H3,(H,32,37). The third-order valence-electron chi connectivity index (χ3n) is 5.53. The highest BCUT2D eigenvalue weighted by molar-refractivity contribution is 9.10. The Labute approximate surface area is 227 Å². The van der Waals surface area contributed by atoms with Crippen LogP contribution in [0.15, 0.2) is 71.5 Å². The van der Waals surface area contributed by atoms with E-state index in [1.165, 1.54) is 7.11 Å². The van der Waals surface area contributed by atoms with E-state index in [2.05, 4.69) is 36.4 Å². The molecule has 1 N–H and O–H groups in total. The number of fused-ring (bicyclic) bond motifs is 1. The third kappa shape index (κ3) is 5.22. The van der Waals surface area contributed by atoms with E-state index in [9.17, 15) is 18.0 Å². The molecule has 0 unspecified atom stereocenters. The average Bonchev–Trinajstić information content (AvgIpc) is 3.45. The van der Waals surface area contributed by atoms with E-state index in [0.717, 1.165) is 16.1 Å². The first kappa shape index (κ1) is 25.7. The number of hydrogen-bond acceptors (Lipinski definition) is 5. The summed E-state index contributed by atoms with van der Waals surface area (Å²) in [6.45, 7) is 0.441. The first-order valence-electron chi connectivity index (χ1n) is 11.0. The van der Waals surface area contributed by atoms with Crippen molar-refractivity contribution in [1.82, 2.24) is 24.4 Å². The Kier molecular flexibility index (Phi) is 6.84. The molecule has 5 aromatic rings. The fourth-order valence-electron chi connectivity index (χ4n) is 3.82. The van der Waals surface area contributed by atoms with Crippen LogP contribution in [0.25, 0.3) is 16.9 Å². The smallest absolute Gasteiger partial charge is 0.433 e. The monoisotopic (exact) mass is 604 g/mol. The summed E-state index contributed by atoms with van der Waals surface area (Å²) in [5.41, 5.74) is -0.210. The molecule has 0 saturated heterocycles. The van der Waals surface area contributed by atoms with Crippen LogP contribution in [-0.4, -0.2) is 37.4 Å². The molecule has 0 fully saturated rings. The molecule has 38 heavy (non-hydrogen) atoms. The van der Waals surface area contributed by atoms with Crippen molar-refractivity contribution in [3.8, 4) is 17.0 Å². The number of halogens is 5. The van der Waals surface area contributed by atoms with Gasteiger partial charge in [-0.3, -0.25) is 9.48 Å². The average molecular weight is 606 g/mol. The number of amides is 1. The van der Waals surface area contributed by atoms with Gasteiger partial charge in [0, 0.05) is 17.4 Å². The molecule has 0 saturated carbocycles. The fourth-order valence-corrected chi connectivity index (χ4v) is 4.39. The highest BCUT2D eigenvalue weighted by Gasteiger charge is 2.36. The predicted molar refractivity (Wildman–Crippen MR) is 138 cm³/mol. The molecule has 3 aromatic heterocycles. The second-order valence-corrected chi connectivity index (χ2v) is 9.46. The van der Waals surface area contributed by atoms with Gasteiger partial charge in [-0.05, 0) is 51.8 Å². The molecule has 0 aliphatic rings. The fraction of sp³-hybridized carbons (Fsp3) is 0.120. The van der Waals surface area contributed by atoms with Crippen LogP contribution in [0.4, 0.5) is 18.9 Å². The van der Waals surface area contributed by atoms with Crippen LogP contribution in [-0.2, 0) is 12.7 Å². The first-order chi connectivity index (χ1) is 18.1. The lowest BCUT2D eigenvalue weighted by Crippen LogP contribution is -2.16. The molecule has 0 spiro atoms. The topological polar surface area (TPSA) is 86.3 Å². The number of carbonyl (C=O) groups is 1. The number of methoxy groups -OCH3 is 1. The van der Waals surface area contributed by atoms with Crippen LogP contribution in [0.3, 0.4) is 0 Å². The summed E-state index contributed by atoms with van der Waals surface area (Å²) < 4.78 is 50.2. The molecule has 1 amide bonds. The van der Waals surface area contributed by atoms with Gasteiger partial charge < -0.3 is 10.1 Å². The summed E-state index contributed by atoms with van der Waals surface area (Å²) in [4.78, 5) is 17.3. The summed E-state index contributed by atoms with van der Waals surface area (Å²) >= 11 is 9.72. The van der Waals surface area contributed by atoms with Gasteiger partial charge in [-0.1, -0.05) is 35.9 Å². The van der Waals surface area contributed by atoms with Gasteiger partial charge in [0.2, 0.25) is 0 Å². The number of benzene rings is 2. The zero-order chi connectivity index (χ0) is 27.0. The van der Waals surface area contributed by atoms with E-state index < -0.39 is 23.5 Å². The highest BCUT2D eigenvalue weighted by atomic mass is 79.9. The van der Waals surface area contributed by atoms with E-state index >= 15 is 0 Å². The first-order valence-corrected chi connectivity index (χ1v) is 12.2. The lowest BCUT2D eigenvalue weighted by molar-refractivity contribution is -0.142. The number of carbonyl (C=O) groups excluding carboxylic acids is 1. The minimum Gasteiger partial charge on any atom is -0.497 e. The van der Waals surface area contributed by atoms with Crippen molar-refractivity contribution < 1.29 is 22.7 Å². The van der Waals surface area contributed by atoms with E-state index in [-0.39, 0.29) is 16.4 Å². The maximum atomic E-state index is 14.0. The number of rotatable bonds is 6. The minimum atomic E-state index is -4.80. The summed E-state index contributed by atoms with van der Waals surface area (Å²) in [6.07, 6.45) is -1.35. The van der Waals surface area contributed by atoms with Gasteiger partial charge in [0.25, 0.3) is 5.91 Å². The maximum absolute atomic E-state index is 14.0. The molecule has 0 bridgehead atoms. The van der Waals surface area contributed by atoms with Crippen molar-refractivity contribution in [3.63, 3.8) is 0 Å². The second-order valence-electron chi connectivity index (χ2n) is 8.16. The number of anilines is 1. The van der Waals surface area contributed by atoms with Gasteiger partial charge in [0.15, 0.2) is 17.0 Å². The van der Waals surface area contributed by atoms with Crippen LogP contribution in [0.2, 0.25) is 5.02 Å². The summed E-state index contributed by atoms with van der Waals surface area (Å²) in [6, 6.07) is 14.2. The summed E-state index contributed by atoms with van der Waals surface area (Å²) in [5.74, 6) is -0.338. The van der Waals surface area contributed by atoms with Gasteiger partial charge in [-0.15, -0.1) is 0 Å². The second kappa shape index (κ2) is 10.1. The van der Waals surface area contributed by atoms with Crippen molar-refractivity contribution in [2.24, 2.45) is 0 Å². The molecule has 194 valence electrons. The molecule has 0 aliphatic heterocycles. The Bertz CT molecular complexity index is 1670. The Morgan fingerprint density at radius 1 is 1.16 bits per heavy atom. The van der Waals surface area contributed by atoms with Gasteiger partial charge in [0.05, 0.1) is 30.0 Å². The number of aromatic nitrogens is 5. The zero-order valence-corrected chi connectivity index (χ0v) is 21.8. The number of ether oxygens (including phenoxy) is 1. The number of alkyl halides is 3. The van der Waals surface area contributed by atoms with Crippen LogP contribution in [0.1, 0.15) is 21.7 Å². The molecule has 5 rings (SSSR count). The quantitative estimate of drug-likeness (QED) is 0.244. The molecule has 0 radical (unpaired) electrons. The van der Waals surface area contributed by atoms with Gasteiger partial charge in [0.1, 0.15) is 10.8 Å². The largest absolute Gasteiger partial charge is 0.497 e. The van der Waals surface area contributed by atoms with Crippen LogP contribution in [0, 0.1) is 0 Å². The predicted octanol–water partition coefficient (Wildman–Crippen LogP) is 6.34. The molecule has 0 aliphatic carbocycles. The molecule has 2 aromatic carbocycles. The lowest BCUT2D eigenvalue weighted by Gasteiger charge is -2.11. The van der Waals surface area contributed by atoms with Crippen molar-refractivity contribution in [2.45, 2.75) is 12.7 Å². The summed E-state index contributed by atoms with van der Waals surface area (Å²) in [7, 11) is 1.45. The Balaban J connectivity index is 1.50. The molecular formula is C25H17BrClF3N6O2. The lowest BCUT2D eigenvalue weighted by atomic mass is 10.1. The van der Waals surface area contributed by atoms with Gasteiger partial charge >= 0.3 is 6.18 Å². The Morgan fingerprint density at radius 3 is 2.66 bits per heavy atom. The van der Waals surface area contributed by atoms with Crippen molar-refractivity contribution >= 4 is 44.8 Å². The van der Waals surface area contributed by atoms with E-state index in [1.807, 2.05) is 6.07 Å². The zero-order valence-electron chi connectivity index (χ0n) is 19.5. The van der Waals surface area contributed by atoms with Crippen LogP contribution in [0.5, 0.6) is 5.75 Å². The SMILES string of the molecule is COc1cccc(-c2cc(C(F)(F)F)n3nc(C(=O)Nc4cccc(Cn5cc(Br)cn5)c4)c(Cl)c3n2)c1. The van der Waals surface area contributed by atoms with Crippen LogP contribution >= 0.6 is 27.5 Å². The van der Waals surface area contributed by atoms with E-state index in [1.54, 1.807) is 59.5 Å². The molecule has 0 atom stereocenters. The number of nitrogens with zero attached hydrogens (tertiary/aromatic N) is 5. The molecule has 8 nitrogen and oxygen atoms in total. The van der Waals surface area contributed by atoms with Gasteiger partial charge in [-0.25, -0.2) is 9.50 Å². The number of nitrogens with one attached hydrogen (secondary N) is 1. The van der Waals surface area contributed by atoms with E-state index in [0.29, 0.717) is 28.1 Å². The van der Waals surface area contributed by atoms with E-state index in [4.69, 9.17) is 16.3 Å². The van der Waals surface area contributed by atoms with Crippen LogP contribution < -0.4 is 10.1 Å². The normalized spacial score (nSPS) is 11.6. The minimum absolute atomic E-state index is 0.00422. The van der Waals surface area contributed by atoms with Crippen molar-refractivity contribution in [3.05, 3.63) is 93.4 Å². The van der Waals surface area contributed by atoms with Crippen molar-refractivity contribution in [2.75, 3.05) is 12.4 Å². The summed E-state index contributed by atoms with van der Waals surface area (Å²) in [5, 5.41) is 10.4. The third-order valence-corrected chi connectivity index (χ3v) is 6.29. The highest BCUT2D eigenvalue weighted by Crippen LogP contribution is 2.35. The molecular weight excluding hydrogens is 589 g/mol. The molecule has 3 heterocycles. The number of hydrogen-bond donors (Lipinski definition) is 1. The Hall–Kier alpha value is -3.90.